The van der Waals surface area contributed by atoms with Crippen LogP contribution >= 0.6 is 0 Å². The van der Waals surface area contributed by atoms with Gasteiger partial charge in [-0.15, -0.1) is 0 Å². The Balaban J connectivity index is 1.68. The van der Waals surface area contributed by atoms with Crippen molar-refractivity contribution in [1.82, 2.24) is 10.1 Å². The van der Waals surface area contributed by atoms with Gasteiger partial charge in [0.25, 0.3) is 5.89 Å². The SMILES string of the molecule is Cc1cc(-c2noc(-c3ccc(C4CCCCC4)c(C(F)(F)F)c3)n2)ccc1CO. The molecular formula is C23H23F3N2O2. The molecule has 1 aliphatic rings. The van der Waals surface area contributed by atoms with Gasteiger partial charge in [0.1, 0.15) is 0 Å². The molecule has 0 bridgehead atoms. The molecule has 1 fully saturated rings. The second-order valence-electron chi connectivity index (χ2n) is 7.86. The third-order valence-corrected chi connectivity index (χ3v) is 5.85. The van der Waals surface area contributed by atoms with Gasteiger partial charge in [-0.1, -0.05) is 42.6 Å². The van der Waals surface area contributed by atoms with E-state index in [1.165, 1.54) is 0 Å². The molecule has 2 aromatic carbocycles. The van der Waals surface area contributed by atoms with E-state index in [-0.39, 0.29) is 24.0 Å². The number of aliphatic hydroxyl groups is 1. The molecule has 0 unspecified atom stereocenters. The molecule has 4 nitrogen and oxygen atoms in total. The van der Waals surface area contributed by atoms with Crippen LogP contribution in [0.15, 0.2) is 40.9 Å². The molecule has 1 saturated carbocycles. The predicted molar refractivity (Wildman–Crippen MR) is 107 cm³/mol. The smallest absolute Gasteiger partial charge is 0.392 e. The summed E-state index contributed by atoms with van der Waals surface area (Å²) in [7, 11) is 0. The molecule has 1 aliphatic carbocycles. The van der Waals surface area contributed by atoms with Gasteiger partial charge in [0.15, 0.2) is 0 Å². The van der Waals surface area contributed by atoms with E-state index in [2.05, 4.69) is 10.1 Å². The molecule has 0 amide bonds. The van der Waals surface area contributed by atoms with Crippen LogP contribution < -0.4 is 0 Å². The van der Waals surface area contributed by atoms with Crippen LogP contribution in [0, 0.1) is 6.92 Å². The molecule has 0 radical (unpaired) electrons. The Labute approximate surface area is 172 Å². The standard InChI is InChI=1S/C23H23F3N2O2/c1-14-11-16(7-8-18(14)13-29)21-27-22(30-28-21)17-9-10-19(15-5-3-2-4-6-15)20(12-17)23(24,25)26/h7-12,15,29H,2-6,13H2,1H3. The quantitative estimate of drug-likeness (QED) is 0.544. The minimum absolute atomic E-state index is 0.0505. The number of alkyl halides is 3. The minimum atomic E-state index is -4.44. The number of benzene rings is 2. The monoisotopic (exact) mass is 416 g/mol. The Morgan fingerprint density at radius 3 is 2.43 bits per heavy atom. The first-order valence-corrected chi connectivity index (χ1v) is 10.1. The number of aromatic nitrogens is 2. The lowest BCUT2D eigenvalue weighted by atomic mass is 9.81. The summed E-state index contributed by atoms with van der Waals surface area (Å²) in [5.74, 6) is 0.285. The summed E-state index contributed by atoms with van der Waals surface area (Å²) in [6, 6.07) is 9.66. The van der Waals surface area contributed by atoms with E-state index in [0.717, 1.165) is 49.3 Å². The van der Waals surface area contributed by atoms with Crippen molar-refractivity contribution in [3.05, 3.63) is 58.7 Å². The maximum absolute atomic E-state index is 13.8. The second kappa shape index (κ2) is 8.22. The molecule has 4 rings (SSSR count). The molecule has 0 atom stereocenters. The lowest BCUT2D eigenvalue weighted by Gasteiger charge is -2.25. The van der Waals surface area contributed by atoms with Gasteiger partial charge in [-0.3, -0.25) is 0 Å². The third kappa shape index (κ3) is 4.12. The van der Waals surface area contributed by atoms with Crippen LogP contribution in [0.2, 0.25) is 0 Å². The van der Waals surface area contributed by atoms with Gasteiger partial charge in [0.2, 0.25) is 5.82 Å². The van der Waals surface area contributed by atoms with Crippen LogP contribution in [0.1, 0.15) is 60.3 Å². The summed E-state index contributed by atoms with van der Waals surface area (Å²) >= 11 is 0. The summed E-state index contributed by atoms with van der Waals surface area (Å²) in [6.07, 6.45) is 0.144. The third-order valence-electron chi connectivity index (χ3n) is 5.85. The van der Waals surface area contributed by atoms with Crippen molar-refractivity contribution in [3.63, 3.8) is 0 Å². The van der Waals surface area contributed by atoms with Crippen LogP contribution in [0.4, 0.5) is 13.2 Å². The Morgan fingerprint density at radius 1 is 1.03 bits per heavy atom. The van der Waals surface area contributed by atoms with E-state index < -0.39 is 11.7 Å². The summed E-state index contributed by atoms with van der Waals surface area (Å²) in [5.41, 5.74) is 2.34. The highest BCUT2D eigenvalue weighted by Crippen LogP contribution is 2.42. The number of hydrogen-bond acceptors (Lipinski definition) is 4. The summed E-state index contributed by atoms with van der Waals surface area (Å²) < 4.78 is 46.7. The number of rotatable bonds is 4. The molecule has 0 spiro atoms. The first kappa shape index (κ1) is 20.6. The highest BCUT2D eigenvalue weighted by molar-refractivity contribution is 5.62. The van der Waals surface area contributed by atoms with Crippen molar-refractivity contribution in [2.24, 2.45) is 0 Å². The van der Waals surface area contributed by atoms with Gasteiger partial charge in [-0.25, -0.2) is 0 Å². The molecule has 1 heterocycles. The molecular weight excluding hydrogens is 393 g/mol. The molecule has 0 saturated heterocycles. The lowest BCUT2D eigenvalue weighted by molar-refractivity contribution is -0.138. The normalized spacial score (nSPS) is 15.5. The fourth-order valence-corrected chi connectivity index (χ4v) is 4.17. The van der Waals surface area contributed by atoms with E-state index in [4.69, 9.17) is 4.52 Å². The number of aliphatic hydroxyl groups excluding tert-OH is 1. The van der Waals surface area contributed by atoms with Crippen LogP contribution in [-0.4, -0.2) is 15.2 Å². The lowest BCUT2D eigenvalue weighted by Crippen LogP contribution is -2.14. The van der Waals surface area contributed by atoms with E-state index in [0.29, 0.717) is 17.0 Å². The highest BCUT2D eigenvalue weighted by Gasteiger charge is 2.36. The Kier molecular flexibility index (Phi) is 5.64. The average Bonchev–Trinajstić information content (AvgIpc) is 3.23. The Bertz CT molecular complexity index is 1040. The van der Waals surface area contributed by atoms with Gasteiger partial charge in [0, 0.05) is 11.1 Å². The number of hydrogen-bond donors (Lipinski definition) is 1. The first-order chi connectivity index (χ1) is 14.4. The fourth-order valence-electron chi connectivity index (χ4n) is 4.17. The van der Waals surface area contributed by atoms with Crippen LogP contribution in [0.3, 0.4) is 0 Å². The average molecular weight is 416 g/mol. The zero-order chi connectivity index (χ0) is 21.3. The minimum Gasteiger partial charge on any atom is -0.392 e. The topological polar surface area (TPSA) is 59.2 Å². The van der Waals surface area contributed by atoms with E-state index in [1.54, 1.807) is 24.3 Å². The largest absolute Gasteiger partial charge is 0.416 e. The second-order valence-corrected chi connectivity index (χ2v) is 7.86. The Hall–Kier alpha value is -2.67. The van der Waals surface area contributed by atoms with Gasteiger partial charge >= 0.3 is 6.18 Å². The van der Waals surface area contributed by atoms with Gasteiger partial charge in [0.05, 0.1) is 12.2 Å². The number of aryl methyl sites for hydroxylation is 1. The van der Waals surface area contributed by atoms with Crippen LogP contribution in [0.5, 0.6) is 0 Å². The summed E-state index contributed by atoms with van der Waals surface area (Å²) in [6.45, 7) is 1.78. The van der Waals surface area contributed by atoms with E-state index in [1.807, 2.05) is 13.0 Å². The van der Waals surface area contributed by atoms with Crippen molar-refractivity contribution < 1.29 is 22.8 Å². The molecule has 3 aromatic rings. The molecule has 0 aliphatic heterocycles. The van der Waals surface area contributed by atoms with Gasteiger partial charge < -0.3 is 9.63 Å². The molecule has 1 aromatic heterocycles. The number of halogens is 3. The molecule has 30 heavy (non-hydrogen) atoms. The van der Waals surface area contributed by atoms with Crippen molar-refractivity contribution in [2.75, 3.05) is 0 Å². The van der Waals surface area contributed by atoms with Crippen molar-refractivity contribution in [2.45, 2.75) is 57.7 Å². The number of nitrogens with zero attached hydrogens (tertiary/aromatic N) is 2. The summed E-state index contributed by atoms with van der Waals surface area (Å²) in [4.78, 5) is 4.31. The van der Waals surface area contributed by atoms with Crippen LogP contribution in [0.25, 0.3) is 22.8 Å². The van der Waals surface area contributed by atoms with E-state index in [9.17, 15) is 18.3 Å². The summed E-state index contributed by atoms with van der Waals surface area (Å²) in [5, 5.41) is 13.2. The predicted octanol–water partition coefficient (Wildman–Crippen LogP) is 6.27. The van der Waals surface area contributed by atoms with Gasteiger partial charge in [-0.05, 0) is 60.6 Å². The zero-order valence-corrected chi connectivity index (χ0v) is 16.7. The van der Waals surface area contributed by atoms with Gasteiger partial charge in [-0.2, -0.15) is 18.2 Å². The van der Waals surface area contributed by atoms with Crippen molar-refractivity contribution in [1.29, 1.82) is 0 Å². The molecule has 158 valence electrons. The van der Waals surface area contributed by atoms with Crippen molar-refractivity contribution in [3.8, 4) is 22.8 Å². The fraction of sp³-hybridized carbons (Fsp3) is 0.391. The maximum atomic E-state index is 13.8. The van der Waals surface area contributed by atoms with Crippen LogP contribution in [-0.2, 0) is 12.8 Å². The highest BCUT2D eigenvalue weighted by atomic mass is 19.4. The molecule has 7 heteroatoms. The zero-order valence-electron chi connectivity index (χ0n) is 16.7. The van der Waals surface area contributed by atoms with E-state index >= 15 is 0 Å². The Morgan fingerprint density at radius 2 is 1.77 bits per heavy atom. The van der Waals surface area contributed by atoms with Crippen molar-refractivity contribution >= 4 is 0 Å². The first-order valence-electron chi connectivity index (χ1n) is 10.1. The molecule has 1 N–H and O–H groups in total. The maximum Gasteiger partial charge on any atom is 0.416 e.